The summed E-state index contributed by atoms with van der Waals surface area (Å²) in [5.41, 5.74) is 5.80. The highest BCUT2D eigenvalue weighted by Crippen LogP contribution is 2.25. The molecule has 1 atom stereocenters. The molecular formula is C11H15F3N4O. The van der Waals surface area contributed by atoms with E-state index in [1.54, 1.807) is 24.4 Å². The number of nitrogens with two attached hydrogens (primary N) is 1. The van der Waals surface area contributed by atoms with Gasteiger partial charge in [0, 0.05) is 31.4 Å². The number of oxime groups is 1. The van der Waals surface area contributed by atoms with Gasteiger partial charge in [0.15, 0.2) is 5.84 Å². The lowest BCUT2D eigenvalue weighted by Gasteiger charge is -2.19. The quantitative estimate of drug-likeness (QED) is 0.239. The molecule has 0 aliphatic heterocycles. The van der Waals surface area contributed by atoms with Gasteiger partial charge in [0.2, 0.25) is 0 Å². The molecule has 5 nitrogen and oxygen atoms in total. The number of hydrogen-bond donors (Lipinski definition) is 3. The molecule has 0 spiro atoms. The third kappa shape index (κ3) is 5.12. The number of halogens is 3. The van der Waals surface area contributed by atoms with E-state index in [4.69, 9.17) is 10.9 Å². The van der Waals surface area contributed by atoms with Gasteiger partial charge in [0.1, 0.15) is 5.92 Å². The maximum absolute atomic E-state index is 12.6. The first kappa shape index (κ1) is 15.2. The molecule has 1 aromatic heterocycles. The highest BCUT2D eigenvalue weighted by Gasteiger charge is 2.42. The maximum atomic E-state index is 12.6. The van der Waals surface area contributed by atoms with Crippen LogP contribution >= 0.6 is 0 Å². The molecule has 0 bridgehead atoms. The van der Waals surface area contributed by atoms with Crippen molar-refractivity contribution in [2.75, 3.05) is 13.1 Å². The summed E-state index contributed by atoms with van der Waals surface area (Å²) in [7, 11) is 0. The van der Waals surface area contributed by atoms with E-state index in [2.05, 4.69) is 15.5 Å². The molecule has 19 heavy (non-hydrogen) atoms. The Bertz CT molecular complexity index is 408. The Morgan fingerprint density at radius 1 is 1.47 bits per heavy atom. The first-order valence-electron chi connectivity index (χ1n) is 5.60. The topological polar surface area (TPSA) is 83.5 Å². The van der Waals surface area contributed by atoms with Crippen LogP contribution in [0.2, 0.25) is 0 Å². The van der Waals surface area contributed by atoms with Gasteiger partial charge in [0.25, 0.3) is 0 Å². The molecule has 0 saturated carbocycles. The summed E-state index contributed by atoms with van der Waals surface area (Å²) in [5.74, 6) is -2.85. The molecular weight excluding hydrogens is 261 g/mol. The van der Waals surface area contributed by atoms with Crippen molar-refractivity contribution in [2.24, 2.45) is 16.8 Å². The molecule has 8 heteroatoms. The maximum Gasteiger partial charge on any atom is 0.400 e. The van der Waals surface area contributed by atoms with Crippen molar-refractivity contribution < 1.29 is 18.4 Å². The predicted molar refractivity (Wildman–Crippen MR) is 63.8 cm³/mol. The van der Waals surface area contributed by atoms with E-state index >= 15 is 0 Å². The van der Waals surface area contributed by atoms with Crippen LogP contribution in [0.15, 0.2) is 29.6 Å². The van der Waals surface area contributed by atoms with Gasteiger partial charge in [-0.1, -0.05) is 11.2 Å². The van der Waals surface area contributed by atoms with Crippen molar-refractivity contribution in [3.05, 3.63) is 30.1 Å². The number of aromatic nitrogens is 1. The van der Waals surface area contributed by atoms with Crippen molar-refractivity contribution in [2.45, 2.75) is 12.6 Å². The normalized spacial score (nSPS) is 14.4. The number of nitrogens with one attached hydrogen (secondary N) is 1. The van der Waals surface area contributed by atoms with Crippen LogP contribution in [0, 0.1) is 5.92 Å². The van der Waals surface area contributed by atoms with Crippen molar-refractivity contribution >= 4 is 5.84 Å². The summed E-state index contributed by atoms with van der Waals surface area (Å²) in [6, 6.07) is 5.35. The van der Waals surface area contributed by atoms with Gasteiger partial charge in [-0.3, -0.25) is 4.98 Å². The average molecular weight is 276 g/mol. The van der Waals surface area contributed by atoms with E-state index in [-0.39, 0.29) is 0 Å². The van der Waals surface area contributed by atoms with Gasteiger partial charge >= 0.3 is 6.18 Å². The lowest BCUT2D eigenvalue weighted by atomic mass is 10.1. The monoisotopic (exact) mass is 276 g/mol. The molecule has 1 heterocycles. The van der Waals surface area contributed by atoms with Crippen molar-refractivity contribution in [1.82, 2.24) is 10.3 Å². The van der Waals surface area contributed by atoms with Crippen LogP contribution in [0.4, 0.5) is 13.2 Å². The number of alkyl halides is 3. The third-order valence-electron chi connectivity index (χ3n) is 2.50. The lowest BCUT2D eigenvalue weighted by molar-refractivity contribution is -0.154. The van der Waals surface area contributed by atoms with E-state index in [0.717, 1.165) is 5.69 Å². The second-order valence-electron chi connectivity index (χ2n) is 3.89. The van der Waals surface area contributed by atoms with E-state index in [1.807, 2.05) is 0 Å². The van der Waals surface area contributed by atoms with Gasteiger partial charge < -0.3 is 16.3 Å². The number of hydrogen-bond acceptors (Lipinski definition) is 4. The zero-order valence-electron chi connectivity index (χ0n) is 10.1. The Hall–Kier alpha value is -1.83. The minimum Gasteiger partial charge on any atom is -0.409 e. The number of amidine groups is 1. The van der Waals surface area contributed by atoms with Gasteiger partial charge in [0.05, 0.1) is 0 Å². The Balaban J connectivity index is 2.41. The second kappa shape index (κ2) is 6.93. The molecule has 1 rings (SSSR count). The van der Waals surface area contributed by atoms with Gasteiger partial charge in [-0.05, 0) is 12.1 Å². The van der Waals surface area contributed by atoms with Gasteiger partial charge in [-0.15, -0.1) is 0 Å². The van der Waals surface area contributed by atoms with Crippen LogP contribution in [-0.2, 0) is 6.42 Å². The SMILES string of the molecule is N/C(=N/O)C(CNCCc1ccccn1)C(F)(F)F. The van der Waals surface area contributed by atoms with Crippen LogP contribution < -0.4 is 11.1 Å². The van der Waals surface area contributed by atoms with Crippen molar-refractivity contribution in [3.63, 3.8) is 0 Å². The standard InChI is InChI=1S/C11H15F3N4O/c12-11(13,14)9(10(15)18-19)7-16-6-4-8-3-1-2-5-17-8/h1-3,5,9,16,19H,4,6-7H2,(H2,15,18). The predicted octanol–water partition coefficient (Wildman–Crippen LogP) is 1.14. The van der Waals surface area contributed by atoms with Crippen molar-refractivity contribution in [3.8, 4) is 0 Å². The highest BCUT2D eigenvalue weighted by molar-refractivity contribution is 5.83. The molecule has 0 fully saturated rings. The van der Waals surface area contributed by atoms with Crippen LogP contribution in [0.25, 0.3) is 0 Å². The molecule has 1 aromatic rings. The summed E-state index contributed by atoms with van der Waals surface area (Å²) in [5, 5.41) is 13.4. The van der Waals surface area contributed by atoms with E-state index in [9.17, 15) is 13.2 Å². The zero-order valence-corrected chi connectivity index (χ0v) is 10.1. The minimum atomic E-state index is -4.55. The fourth-order valence-corrected chi connectivity index (χ4v) is 1.47. The Kier molecular flexibility index (Phi) is 5.56. The fraction of sp³-hybridized carbons (Fsp3) is 0.455. The van der Waals surface area contributed by atoms with Gasteiger partial charge in [-0.2, -0.15) is 13.2 Å². The first-order chi connectivity index (χ1) is 8.95. The third-order valence-corrected chi connectivity index (χ3v) is 2.50. The molecule has 4 N–H and O–H groups in total. The second-order valence-corrected chi connectivity index (χ2v) is 3.89. The number of pyridine rings is 1. The van der Waals surface area contributed by atoms with Crippen LogP contribution in [0.3, 0.4) is 0 Å². The molecule has 0 amide bonds. The molecule has 0 aliphatic rings. The number of rotatable bonds is 6. The van der Waals surface area contributed by atoms with E-state index in [1.165, 1.54) is 0 Å². The van der Waals surface area contributed by atoms with Crippen molar-refractivity contribution in [1.29, 1.82) is 0 Å². The summed E-state index contributed by atoms with van der Waals surface area (Å²) in [6.07, 6.45) is -2.43. The summed E-state index contributed by atoms with van der Waals surface area (Å²) in [4.78, 5) is 4.04. The zero-order chi connectivity index (χ0) is 14.3. The molecule has 0 saturated heterocycles. The summed E-state index contributed by atoms with van der Waals surface area (Å²) < 4.78 is 37.8. The van der Waals surface area contributed by atoms with Gasteiger partial charge in [-0.25, -0.2) is 0 Å². The van der Waals surface area contributed by atoms with Crippen LogP contribution in [0.1, 0.15) is 5.69 Å². The Labute approximate surface area is 108 Å². The Morgan fingerprint density at radius 2 is 2.21 bits per heavy atom. The minimum absolute atomic E-state index is 0.322. The van der Waals surface area contributed by atoms with E-state index in [0.29, 0.717) is 13.0 Å². The molecule has 0 aliphatic carbocycles. The number of nitrogens with zero attached hydrogens (tertiary/aromatic N) is 2. The molecule has 1 unspecified atom stereocenters. The largest absolute Gasteiger partial charge is 0.409 e. The van der Waals surface area contributed by atoms with Crippen LogP contribution in [0.5, 0.6) is 0 Å². The summed E-state index contributed by atoms with van der Waals surface area (Å²) >= 11 is 0. The van der Waals surface area contributed by atoms with E-state index < -0.39 is 24.5 Å². The smallest absolute Gasteiger partial charge is 0.400 e. The summed E-state index contributed by atoms with van der Waals surface area (Å²) in [6.45, 7) is -0.117. The Morgan fingerprint density at radius 3 is 2.74 bits per heavy atom. The van der Waals surface area contributed by atoms with Crippen LogP contribution in [-0.4, -0.2) is 35.3 Å². The first-order valence-corrected chi connectivity index (χ1v) is 5.60. The molecule has 106 valence electrons. The molecule has 0 aromatic carbocycles. The molecule has 0 radical (unpaired) electrons. The highest BCUT2D eigenvalue weighted by atomic mass is 19.4. The lowest BCUT2D eigenvalue weighted by Crippen LogP contribution is -2.43. The average Bonchev–Trinajstić information content (AvgIpc) is 2.37. The fourth-order valence-electron chi connectivity index (χ4n) is 1.47.